The first-order valence-corrected chi connectivity index (χ1v) is 11.9. The first kappa shape index (κ1) is 21.9. The second kappa shape index (κ2) is 8.54. The van der Waals surface area contributed by atoms with Crippen molar-refractivity contribution in [3.8, 4) is 23.0 Å². The highest BCUT2D eigenvalue weighted by Gasteiger charge is 2.39. The van der Waals surface area contributed by atoms with Crippen LogP contribution in [-0.4, -0.2) is 26.8 Å². The van der Waals surface area contributed by atoms with Gasteiger partial charge in [0.05, 0.1) is 14.2 Å². The van der Waals surface area contributed by atoms with Gasteiger partial charge in [-0.05, 0) is 59.4 Å². The minimum Gasteiger partial charge on any atom is -0.493 e. The van der Waals surface area contributed by atoms with Crippen LogP contribution in [0.1, 0.15) is 41.4 Å². The molecule has 0 saturated heterocycles. The van der Waals surface area contributed by atoms with E-state index in [1.807, 2.05) is 54.6 Å². The molecule has 0 amide bonds. The SMILES string of the molecule is COc1ccc(C2CC(=O)C3=C(C2)Nc2cc4c(cc2C3c2ccc(Cl)cc2)OCO4)cc1OC. The number of carbonyl (C=O) groups excluding carboxylic acids is 1. The summed E-state index contributed by atoms with van der Waals surface area (Å²) in [5.74, 6) is 2.66. The highest BCUT2D eigenvalue weighted by molar-refractivity contribution is 6.30. The largest absolute Gasteiger partial charge is 0.493 e. The van der Waals surface area contributed by atoms with Crippen molar-refractivity contribution in [3.05, 3.63) is 87.6 Å². The van der Waals surface area contributed by atoms with Crippen LogP contribution >= 0.6 is 11.6 Å². The third-order valence-corrected chi connectivity index (χ3v) is 7.27. The summed E-state index contributed by atoms with van der Waals surface area (Å²) in [5, 5.41) is 4.22. The topological polar surface area (TPSA) is 66.0 Å². The van der Waals surface area contributed by atoms with Gasteiger partial charge in [-0.1, -0.05) is 29.8 Å². The molecule has 2 unspecified atom stereocenters. The number of hydrogen-bond donors (Lipinski definition) is 1. The van der Waals surface area contributed by atoms with Crippen molar-refractivity contribution >= 4 is 23.1 Å². The molecule has 178 valence electrons. The molecule has 2 atom stereocenters. The van der Waals surface area contributed by atoms with Gasteiger partial charge >= 0.3 is 0 Å². The minimum absolute atomic E-state index is 0.0231. The average Bonchev–Trinajstić information content (AvgIpc) is 3.33. The van der Waals surface area contributed by atoms with Crippen LogP contribution < -0.4 is 24.3 Å². The number of ether oxygens (including phenoxy) is 4. The molecule has 35 heavy (non-hydrogen) atoms. The van der Waals surface area contributed by atoms with Gasteiger partial charge in [0.2, 0.25) is 6.79 Å². The smallest absolute Gasteiger partial charge is 0.231 e. The maximum Gasteiger partial charge on any atom is 0.231 e. The Morgan fingerprint density at radius 2 is 1.60 bits per heavy atom. The van der Waals surface area contributed by atoms with E-state index in [9.17, 15) is 4.79 Å². The van der Waals surface area contributed by atoms with Gasteiger partial charge in [-0.25, -0.2) is 0 Å². The van der Waals surface area contributed by atoms with Gasteiger partial charge in [0, 0.05) is 40.4 Å². The van der Waals surface area contributed by atoms with Crippen molar-refractivity contribution in [1.82, 2.24) is 0 Å². The second-order valence-corrected chi connectivity index (χ2v) is 9.37. The predicted octanol–water partition coefficient (Wildman–Crippen LogP) is 6.04. The lowest BCUT2D eigenvalue weighted by Gasteiger charge is -2.37. The fourth-order valence-corrected chi connectivity index (χ4v) is 5.48. The van der Waals surface area contributed by atoms with Crippen molar-refractivity contribution in [2.24, 2.45) is 0 Å². The molecule has 0 fully saturated rings. The first-order chi connectivity index (χ1) is 17.1. The van der Waals surface area contributed by atoms with Gasteiger partial charge in [-0.15, -0.1) is 0 Å². The molecule has 3 aliphatic rings. The number of halogens is 1. The number of benzene rings is 3. The Morgan fingerprint density at radius 3 is 2.34 bits per heavy atom. The van der Waals surface area contributed by atoms with Gasteiger partial charge in [-0.2, -0.15) is 0 Å². The van der Waals surface area contributed by atoms with Crippen LogP contribution in [0, 0.1) is 0 Å². The van der Waals surface area contributed by atoms with E-state index in [0.717, 1.165) is 33.6 Å². The van der Waals surface area contributed by atoms with Crippen LogP contribution in [0.5, 0.6) is 23.0 Å². The molecule has 2 aliphatic heterocycles. The third kappa shape index (κ3) is 3.69. The molecule has 0 aromatic heterocycles. The number of ketones is 1. The first-order valence-electron chi connectivity index (χ1n) is 11.5. The van der Waals surface area contributed by atoms with E-state index in [1.165, 1.54) is 0 Å². The molecular weight excluding hydrogens is 466 g/mol. The number of methoxy groups -OCH3 is 2. The summed E-state index contributed by atoms with van der Waals surface area (Å²) in [6.45, 7) is 0.192. The van der Waals surface area contributed by atoms with Crippen LogP contribution in [-0.2, 0) is 4.79 Å². The molecule has 0 saturated carbocycles. The maximum absolute atomic E-state index is 13.7. The molecule has 6 rings (SSSR count). The number of Topliss-reactive ketones (excluding diaryl/α,β-unsaturated/α-hetero) is 1. The highest BCUT2D eigenvalue weighted by atomic mass is 35.5. The quantitative estimate of drug-likeness (QED) is 0.481. The van der Waals surface area contributed by atoms with Crippen molar-refractivity contribution in [3.63, 3.8) is 0 Å². The molecule has 3 aromatic rings. The van der Waals surface area contributed by atoms with E-state index in [2.05, 4.69) is 5.32 Å². The van der Waals surface area contributed by atoms with Gasteiger partial charge in [0.1, 0.15) is 0 Å². The molecule has 2 heterocycles. The molecule has 0 bridgehead atoms. The second-order valence-electron chi connectivity index (χ2n) is 8.94. The molecule has 0 spiro atoms. The summed E-state index contributed by atoms with van der Waals surface area (Å²) < 4.78 is 22.2. The van der Waals surface area contributed by atoms with Gasteiger partial charge in [0.15, 0.2) is 28.8 Å². The van der Waals surface area contributed by atoms with E-state index in [0.29, 0.717) is 40.9 Å². The fourth-order valence-electron chi connectivity index (χ4n) is 5.35. The van der Waals surface area contributed by atoms with Crippen molar-refractivity contribution in [1.29, 1.82) is 0 Å². The van der Waals surface area contributed by atoms with E-state index in [-0.39, 0.29) is 24.4 Å². The molecule has 0 radical (unpaired) electrons. The lowest BCUT2D eigenvalue weighted by Crippen LogP contribution is -2.29. The maximum atomic E-state index is 13.7. The van der Waals surface area contributed by atoms with Crippen molar-refractivity contribution in [2.75, 3.05) is 26.3 Å². The number of allylic oxidation sites excluding steroid dienone is 2. The number of hydrogen-bond acceptors (Lipinski definition) is 6. The molecule has 1 N–H and O–H groups in total. The Kier molecular flexibility index (Phi) is 5.33. The van der Waals surface area contributed by atoms with E-state index in [4.69, 9.17) is 30.5 Å². The summed E-state index contributed by atoms with van der Waals surface area (Å²) in [6, 6.07) is 17.5. The molecule has 6 nitrogen and oxygen atoms in total. The summed E-state index contributed by atoms with van der Waals surface area (Å²) in [6.07, 6.45) is 1.12. The van der Waals surface area contributed by atoms with E-state index < -0.39 is 0 Å². The Labute approximate surface area is 208 Å². The summed E-state index contributed by atoms with van der Waals surface area (Å²) in [4.78, 5) is 13.7. The Morgan fingerprint density at radius 1 is 0.886 bits per heavy atom. The standard InChI is InChI=1S/C28H24ClNO5/c1-32-23-8-5-16(11-24(23)33-2)17-9-21-28(22(31)10-17)27(15-3-6-18(29)7-4-15)19-12-25-26(35-14-34-25)13-20(19)30-21/h3-8,11-13,17,27,30H,9-10,14H2,1-2H3. The average molecular weight is 490 g/mol. The monoisotopic (exact) mass is 489 g/mol. The number of anilines is 1. The number of nitrogens with one attached hydrogen (secondary N) is 1. The molecular formula is C28H24ClNO5. The van der Waals surface area contributed by atoms with Gasteiger partial charge in [0.25, 0.3) is 0 Å². The zero-order valence-electron chi connectivity index (χ0n) is 19.4. The number of carbonyl (C=O) groups is 1. The van der Waals surface area contributed by atoms with Crippen LogP contribution in [0.3, 0.4) is 0 Å². The van der Waals surface area contributed by atoms with Crippen LogP contribution in [0.4, 0.5) is 5.69 Å². The van der Waals surface area contributed by atoms with Crippen LogP contribution in [0.2, 0.25) is 5.02 Å². The lowest BCUT2D eigenvalue weighted by molar-refractivity contribution is -0.116. The lowest BCUT2D eigenvalue weighted by atomic mass is 9.72. The van der Waals surface area contributed by atoms with Gasteiger partial charge in [-0.3, -0.25) is 4.79 Å². The normalized spacial score (nSPS) is 20.1. The molecule has 7 heteroatoms. The number of fused-ring (bicyclic) bond motifs is 2. The zero-order valence-corrected chi connectivity index (χ0v) is 20.1. The zero-order chi connectivity index (χ0) is 24.1. The molecule has 3 aromatic carbocycles. The third-order valence-electron chi connectivity index (χ3n) is 7.02. The minimum atomic E-state index is -0.216. The Hall–Kier alpha value is -3.64. The predicted molar refractivity (Wildman–Crippen MR) is 133 cm³/mol. The summed E-state index contributed by atoms with van der Waals surface area (Å²) in [7, 11) is 3.24. The highest BCUT2D eigenvalue weighted by Crippen LogP contribution is 2.51. The van der Waals surface area contributed by atoms with Gasteiger partial charge < -0.3 is 24.3 Å². The van der Waals surface area contributed by atoms with Crippen molar-refractivity contribution in [2.45, 2.75) is 24.7 Å². The summed E-state index contributed by atoms with van der Waals surface area (Å²) >= 11 is 6.18. The van der Waals surface area contributed by atoms with Crippen LogP contribution in [0.25, 0.3) is 0 Å². The van der Waals surface area contributed by atoms with Crippen LogP contribution in [0.15, 0.2) is 65.9 Å². The fraction of sp³-hybridized carbons (Fsp3) is 0.250. The number of rotatable bonds is 4. The Bertz CT molecular complexity index is 1360. The summed E-state index contributed by atoms with van der Waals surface area (Å²) in [5.41, 5.74) is 5.72. The molecule has 1 aliphatic carbocycles. The van der Waals surface area contributed by atoms with E-state index in [1.54, 1.807) is 14.2 Å². The van der Waals surface area contributed by atoms with E-state index >= 15 is 0 Å². The Balaban J connectivity index is 1.44. The van der Waals surface area contributed by atoms with Crippen molar-refractivity contribution < 1.29 is 23.7 Å².